The molecule has 0 radical (unpaired) electrons. The number of fused-ring (bicyclic) bond motifs is 5. The van der Waals surface area contributed by atoms with Gasteiger partial charge in [-0.25, -0.2) is 15.0 Å². The van der Waals surface area contributed by atoms with Crippen molar-refractivity contribution in [3.63, 3.8) is 0 Å². The van der Waals surface area contributed by atoms with E-state index in [1.54, 1.807) is 10.6 Å². The normalized spacial score (nSPS) is 12.7. The molecule has 1 aliphatic rings. The molecular weight excluding hydrogens is 466 g/mol. The minimum Gasteiger partial charge on any atom is -0.454 e. The van der Waals surface area contributed by atoms with Gasteiger partial charge in [-0.2, -0.15) is 0 Å². The van der Waals surface area contributed by atoms with Crippen molar-refractivity contribution in [1.29, 1.82) is 0 Å². The maximum atomic E-state index is 13.8. The van der Waals surface area contributed by atoms with Gasteiger partial charge in [0.25, 0.3) is 5.56 Å². The molecule has 3 aromatic heterocycles. The lowest BCUT2D eigenvalue weighted by Gasteiger charge is -2.09. The molecule has 0 N–H and O–H groups in total. The number of para-hydroxylation sites is 2. The smallest absolute Gasteiger partial charge is 0.265 e. The van der Waals surface area contributed by atoms with E-state index in [0.717, 1.165) is 16.8 Å². The Hall–Kier alpha value is -4.43. The average molecular weight is 482 g/mol. The Bertz CT molecular complexity index is 1860. The topological polar surface area (TPSA) is 84.1 Å². The lowest BCUT2D eigenvalue weighted by Crippen LogP contribution is -2.21. The molecule has 0 saturated carbocycles. The predicted octanol–water partition coefficient (Wildman–Crippen LogP) is 4.71. The number of hydrogen-bond donors (Lipinski definition) is 0. The summed E-state index contributed by atoms with van der Waals surface area (Å²) in [5.41, 5.74) is 4.27. The molecule has 0 fully saturated rings. The summed E-state index contributed by atoms with van der Waals surface area (Å²) in [6, 6.07) is 20.6. The molecule has 7 rings (SSSR count). The standard InChI is InChI=1S/C26H16ClN5O3/c27-17-6-2-1-5-15(17)12-31-13-28-24-22(26(31)33)23-25(30-19-8-4-3-7-18(19)29-23)32(24)16-9-10-20-21(11-16)35-14-34-20/h1-11,13H,12,14H2. The monoisotopic (exact) mass is 481 g/mol. The molecule has 0 atom stereocenters. The van der Waals surface area contributed by atoms with Gasteiger partial charge in [0, 0.05) is 11.1 Å². The molecule has 0 saturated heterocycles. The Morgan fingerprint density at radius 3 is 2.51 bits per heavy atom. The van der Waals surface area contributed by atoms with E-state index in [0.29, 0.717) is 50.8 Å². The van der Waals surface area contributed by atoms with Crippen molar-refractivity contribution in [3.8, 4) is 17.2 Å². The highest BCUT2D eigenvalue weighted by atomic mass is 35.5. The summed E-state index contributed by atoms with van der Waals surface area (Å²) in [6.45, 7) is 0.459. The van der Waals surface area contributed by atoms with E-state index in [2.05, 4.69) is 0 Å². The molecule has 3 aromatic carbocycles. The molecule has 6 aromatic rings. The van der Waals surface area contributed by atoms with Crippen molar-refractivity contribution in [2.75, 3.05) is 6.79 Å². The summed E-state index contributed by atoms with van der Waals surface area (Å²) < 4.78 is 14.4. The molecule has 9 heteroatoms. The highest BCUT2D eigenvalue weighted by molar-refractivity contribution is 6.31. The minimum absolute atomic E-state index is 0.168. The molecule has 0 bridgehead atoms. The Morgan fingerprint density at radius 2 is 1.66 bits per heavy atom. The maximum absolute atomic E-state index is 13.8. The zero-order chi connectivity index (χ0) is 23.5. The van der Waals surface area contributed by atoms with Crippen molar-refractivity contribution in [1.82, 2.24) is 24.1 Å². The maximum Gasteiger partial charge on any atom is 0.265 e. The van der Waals surface area contributed by atoms with Gasteiger partial charge >= 0.3 is 0 Å². The first-order valence-corrected chi connectivity index (χ1v) is 11.3. The third-order valence-corrected chi connectivity index (χ3v) is 6.51. The minimum atomic E-state index is -0.219. The SMILES string of the molecule is O=c1c2c3nc4ccccc4nc3n(-c3ccc4c(c3)OCO4)c2ncn1Cc1ccccc1Cl. The van der Waals surface area contributed by atoms with E-state index in [1.165, 1.54) is 6.33 Å². The molecular formula is C26H16ClN5O3. The van der Waals surface area contributed by atoms with Crippen LogP contribution in [0.25, 0.3) is 38.9 Å². The average Bonchev–Trinajstić information content (AvgIpc) is 3.47. The highest BCUT2D eigenvalue weighted by Gasteiger charge is 2.23. The van der Waals surface area contributed by atoms with Crippen molar-refractivity contribution in [2.24, 2.45) is 0 Å². The van der Waals surface area contributed by atoms with Gasteiger partial charge in [0.1, 0.15) is 17.2 Å². The van der Waals surface area contributed by atoms with Crippen LogP contribution < -0.4 is 15.0 Å². The zero-order valence-electron chi connectivity index (χ0n) is 18.2. The fraction of sp³-hybridized carbons (Fsp3) is 0.0769. The fourth-order valence-corrected chi connectivity index (χ4v) is 4.66. The quantitative estimate of drug-likeness (QED) is 0.364. The second-order valence-corrected chi connectivity index (χ2v) is 8.63. The first-order chi connectivity index (χ1) is 17.2. The molecule has 170 valence electrons. The number of nitrogens with zero attached hydrogens (tertiary/aromatic N) is 5. The van der Waals surface area contributed by atoms with Crippen LogP contribution >= 0.6 is 11.6 Å². The van der Waals surface area contributed by atoms with Crippen molar-refractivity contribution in [3.05, 3.63) is 94.0 Å². The van der Waals surface area contributed by atoms with Crippen molar-refractivity contribution in [2.45, 2.75) is 6.54 Å². The summed E-state index contributed by atoms with van der Waals surface area (Å²) in [6.07, 6.45) is 1.54. The molecule has 8 nitrogen and oxygen atoms in total. The van der Waals surface area contributed by atoms with Crippen LogP contribution in [0.15, 0.2) is 77.9 Å². The summed E-state index contributed by atoms with van der Waals surface area (Å²) in [4.78, 5) is 28.2. The third kappa shape index (κ3) is 3.07. The van der Waals surface area contributed by atoms with Gasteiger partial charge in [0.2, 0.25) is 6.79 Å². The van der Waals surface area contributed by atoms with E-state index in [1.807, 2.05) is 65.2 Å². The third-order valence-electron chi connectivity index (χ3n) is 6.14. The lowest BCUT2D eigenvalue weighted by molar-refractivity contribution is 0.174. The van der Waals surface area contributed by atoms with Crippen LogP contribution in [0.1, 0.15) is 5.56 Å². The van der Waals surface area contributed by atoms with E-state index in [4.69, 9.17) is 36.0 Å². The number of halogens is 1. The Labute approximate surface area is 203 Å². The molecule has 4 heterocycles. The second kappa shape index (κ2) is 7.54. The molecule has 0 amide bonds. The number of hydrogen-bond acceptors (Lipinski definition) is 6. The largest absolute Gasteiger partial charge is 0.454 e. The van der Waals surface area contributed by atoms with Crippen LogP contribution in [0.4, 0.5) is 0 Å². The Balaban J connectivity index is 1.54. The van der Waals surface area contributed by atoms with Crippen LogP contribution in [0.5, 0.6) is 11.5 Å². The van der Waals surface area contributed by atoms with Gasteiger partial charge in [-0.1, -0.05) is 41.9 Å². The van der Waals surface area contributed by atoms with E-state index >= 15 is 0 Å². The van der Waals surface area contributed by atoms with Gasteiger partial charge in [0.15, 0.2) is 22.8 Å². The van der Waals surface area contributed by atoms with Gasteiger partial charge in [0.05, 0.1) is 23.3 Å². The Kier molecular flexibility index (Phi) is 4.31. The van der Waals surface area contributed by atoms with E-state index in [-0.39, 0.29) is 12.4 Å². The lowest BCUT2D eigenvalue weighted by atomic mass is 10.2. The summed E-state index contributed by atoms with van der Waals surface area (Å²) in [5, 5.41) is 0.985. The van der Waals surface area contributed by atoms with Crippen LogP contribution in [-0.4, -0.2) is 30.9 Å². The summed E-state index contributed by atoms with van der Waals surface area (Å²) in [7, 11) is 0. The molecule has 35 heavy (non-hydrogen) atoms. The van der Waals surface area contributed by atoms with Crippen molar-refractivity contribution < 1.29 is 9.47 Å². The predicted molar refractivity (Wildman–Crippen MR) is 133 cm³/mol. The van der Waals surface area contributed by atoms with Crippen LogP contribution in [0.2, 0.25) is 5.02 Å². The zero-order valence-corrected chi connectivity index (χ0v) is 18.9. The molecule has 0 aliphatic carbocycles. The number of ether oxygens (including phenoxy) is 2. The molecule has 0 unspecified atom stereocenters. The van der Waals surface area contributed by atoms with Gasteiger partial charge < -0.3 is 9.47 Å². The van der Waals surface area contributed by atoms with Gasteiger partial charge in [-0.3, -0.25) is 13.9 Å². The Morgan fingerprint density at radius 1 is 0.886 bits per heavy atom. The number of benzene rings is 3. The second-order valence-electron chi connectivity index (χ2n) is 8.23. The van der Waals surface area contributed by atoms with E-state index < -0.39 is 0 Å². The fourth-order valence-electron chi connectivity index (χ4n) is 4.46. The summed E-state index contributed by atoms with van der Waals surface area (Å²) >= 11 is 6.35. The van der Waals surface area contributed by atoms with Gasteiger partial charge in [-0.15, -0.1) is 0 Å². The van der Waals surface area contributed by atoms with Gasteiger partial charge in [-0.05, 0) is 35.9 Å². The van der Waals surface area contributed by atoms with E-state index in [9.17, 15) is 4.79 Å². The molecule has 1 aliphatic heterocycles. The first kappa shape index (κ1) is 20.0. The highest BCUT2D eigenvalue weighted by Crippen LogP contribution is 2.36. The first-order valence-electron chi connectivity index (χ1n) is 11.0. The van der Waals surface area contributed by atoms with Crippen LogP contribution in [0.3, 0.4) is 0 Å². The number of aromatic nitrogens is 5. The number of rotatable bonds is 3. The van der Waals surface area contributed by atoms with Crippen LogP contribution in [-0.2, 0) is 6.54 Å². The van der Waals surface area contributed by atoms with Crippen LogP contribution in [0, 0.1) is 0 Å². The molecule has 0 spiro atoms. The summed E-state index contributed by atoms with van der Waals surface area (Å²) in [5.74, 6) is 1.29. The van der Waals surface area contributed by atoms with Crippen molar-refractivity contribution >= 4 is 44.8 Å².